The van der Waals surface area contributed by atoms with Gasteiger partial charge in [-0.2, -0.15) is 0 Å². The van der Waals surface area contributed by atoms with Crippen LogP contribution in [0.5, 0.6) is 0 Å². The lowest BCUT2D eigenvalue weighted by molar-refractivity contribution is -0.220. The van der Waals surface area contributed by atoms with Crippen molar-refractivity contribution >= 4 is 19.8 Å². The summed E-state index contributed by atoms with van der Waals surface area (Å²) < 4.78 is 33.5. The van der Waals surface area contributed by atoms with Crippen molar-refractivity contribution in [2.75, 3.05) is 13.2 Å². The summed E-state index contributed by atoms with van der Waals surface area (Å²) in [6.07, 6.45) is 24.1. The number of unbranched alkanes of at least 4 members (excludes halogenated alkanes) is 25. The lowest BCUT2D eigenvalue weighted by Gasteiger charge is -2.41. The molecule has 8 atom stereocenters. The third-order valence-electron chi connectivity index (χ3n) is 11.1. The SMILES string of the molecule is CCCCCCCC/C=C\CCCCCCCC(=O)O[C@H](COC(=O)CCCCCCCCCCCCCCCCC)COP(=O)(O)OC1[C@H](O)[C@H](O)C(O)[C@H](O)[C@H]1O. The van der Waals surface area contributed by atoms with E-state index in [9.17, 15) is 44.6 Å². The molecule has 1 rings (SSSR count). The van der Waals surface area contributed by atoms with Crippen molar-refractivity contribution in [3.05, 3.63) is 12.2 Å². The number of ether oxygens (including phenoxy) is 2. The van der Waals surface area contributed by atoms with Crippen molar-refractivity contribution in [1.29, 1.82) is 0 Å². The van der Waals surface area contributed by atoms with Crippen molar-refractivity contribution in [1.82, 2.24) is 0 Å². The number of carbonyl (C=O) groups is 2. The Bertz CT molecular complexity index is 1090. The van der Waals surface area contributed by atoms with E-state index in [1.807, 2.05) is 0 Å². The number of hydrogen-bond acceptors (Lipinski definition) is 12. The molecule has 0 heterocycles. The Morgan fingerprint density at radius 2 is 0.864 bits per heavy atom. The maximum absolute atomic E-state index is 12.8. The Kier molecular flexibility index (Phi) is 34.0. The number of allylic oxidation sites excluding steroid dienone is 2. The van der Waals surface area contributed by atoms with Gasteiger partial charge in [0.25, 0.3) is 0 Å². The Morgan fingerprint density at radius 3 is 1.29 bits per heavy atom. The van der Waals surface area contributed by atoms with E-state index >= 15 is 0 Å². The van der Waals surface area contributed by atoms with E-state index in [4.69, 9.17) is 18.5 Å². The Hall–Kier alpha value is -1.41. The maximum atomic E-state index is 12.8. The molecule has 6 N–H and O–H groups in total. The number of phosphoric ester groups is 1. The molecular formula is C45H85O13P. The minimum Gasteiger partial charge on any atom is -0.462 e. The van der Waals surface area contributed by atoms with E-state index in [1.165, 1.54) is 109 Å². The number of aliphatic hydroxyl groups is 5. The van der Waals surface area contributed by atoms with Crippen molar-refractivity contribution in [3.8, 4) is 0 Å². The number of rotatable bonds is 39. The Morgan fingerprint density at radius 1 is 0.508 bits per heavy atom. The highest BCUT2D eigenvalue weighted by molar-refractivity contribution is 7.47. The summed E-state index contributed by atoms with van der Waals surface area (Å²) in [5, 5.41) is 50.1. The van der Waals surface area contributed by atoms with Crippen LogP contribution in [0.2, 0.25) is 0 Å². The highest BCUT2D eigenvalue weighted by atomic mass is 31.2. The molecule has 0 spiro atoms. The summed E-state index contributed by atoms with van der Waals surface area (Å²) in [6, 6.07) is 0. The van der Waals surface area contributed by atoms with Gasteiger partial charge in [0.1, 0.15) is 43.2 Å². The van der Waals surface area contributed by atoms with E-state index in [-0.39, 0.29) is 12.8 Å². The summed E-state index contributed by atoms with van der Waals surface area (Å²) in [7, 11) is -5.11. The van der Waals surface area contributed by atoms with Crippen molar-refractivity contribution in [2.24, 2.45) is 0 Å². The third-order valence-corrected chi connectivity index (χ3v) is 12.1. The molecule has 0 amide bonds. The smallest absolute Gasteiger partial charge is 0.462 e. The fraction of sp³-hybridized carbons (Fsp3) is 0.911. The third kappa shape index (κ3) is 28.7. The molecule has 0 radical (unpaired) electrons. The van der Waals surface area contributed by atoms with Crippen LogP contribution in [0.1, 0.15) is 206 Å². The first-order chi connectivity index (χ1) is 28.4. The van der Waals surface area contributed by atoms with E-state index in [2.05, 4.69) is 26.0 Å². The lowest BCUT2D eigenvalue weighted by Crippen LogP contribution is -2.64. The van der Waals surface area contributed by atoms with Gasteiger partial charge in [0.15, 0.2) is 6.10 Å². The van der Waals surface area contributed by atoms with Gasteiger partial charge in [-0.05, 0) is 38.5 Å². The van der Waals surface area contributed by atoms with Crippen molar-refractivity contribution in [2.45, 2.75) is 249 Å². The average molecular weight is 865 g/mol. The fourth-order valence-electron chi connectivity index (χ4n) is 7.28. The molecule has 13 nitrogen and oxygen atoms in total. The summed E-state index contributed by atoms with van der Waals surface area (Å²) in [4.78, 5) is 35.7. The number of carbonyl (C=O) groups excluding carboxylic acids is 2. The lowest BCUT2D eigenvalue weighted by atomic mass is 9.85. The number of phosphoric acid groups is 1. The standard InChI is InChI=1S/C45H85O13P/c1-3-5-7-9-11-13-15-17-19-21-23-25-27-29-31-33-38(46)55-35-37(36-56-59(53,54)58-45-43(51)41(49)40(48)42(50)44(45)52)57-39(47)34-32-30-28-26-24-22-20-18-16-14-12-10-8-6-4-2/h18,20,37,40-45,48-52H,3-17,19,21-36H2,1-2H3,(H,53,54)/b20-18-/t37-,40?,41-,42+,43-,44-,45?/m1/s1. The van der Waals surface area contributed by atoms with Gasteiger partial charge in [-0.1, -0.05) is 167 Å². The molecule has 0 bridgehead atoms. The molecule has 0 aromatic heterocycles. The van der Waals surface area contributed by atoms with Gasteiger partial charge in [-0.25, -0.2) is 4.57 Å². The van der Waals surface area contributed by atoms with E-state index in [1.54, 1.807) is 0 Å². The van der Waals surface area contributed by atoms with E-state index < -0.39 is 75.7 Å². The molecule has 1 saturated carbocycles. The average Bonchev–Trinajstić information content (AvgIpc) is 3.21. The first-order valence-corrected chi connectivity index (χ1v) is 25.0. The summed E-state index contributed by atoms with van der Waals surface area (Å²) >= 11 is 0. The fourth-order valence-corrected chi connectivity index (χ4v) is 8.26. The number of aliphatic hydroxyl groups excluding tert-OH is 5. The zero-order valence-corrected chi connectivity index (χ0v) is 37.7. The highest BCUT2D eigenvalue weighted by Crippen LogP contribution is 2.47. The second-order valence-electron chi connectivity index (χ2n) is 16.6. The van der Waals surface area contributed by atoms with Crippen LogP contribution in [0.4, 0.5) is 0 Å². The molecule has 0 aromatic rings. The minimum atomic E-state index is -5.11. The van der Waals surface area contributed by atoms with Crippen LogP contribution >= 0.6 is 7.82 Å². The summed E-state index contributed by atoms with van der Waals surface area (Å²) in [5.41, 5.74) is 0. The molecule has 0 aliphatic heterocycles. The molecule has 0 saturated heterocycles. The quantitative estimate of drug-likeness (QED) is 0.0148. The van der Waals surface area contributed by atoms with Gasteiger partial charge in [0.2, 0.25) is 0 Å². The first-order valence-electron chi connectivity index (χ1n) is 23.5. The molecule has 3 unspecified atom stereocenters. The normalized spacial score (nSPS) is 22.4. The minimum absolute atomic E-state index is 0.0909. The molecule has 14 heteroatoms. The van der Waals surface area contributed by atoms with Crippen LogP contribution in [0.15, 0.2) is 12.2 Å². The highest BCUT2D eigenvalue weighted by Gasteiger charge is 2.51. The number of hydrogen-bond donors (Lipinski definition) is 6. The Labute approximate surface area is 356 Å². The van der Waals surface area contributed by atoms with Crippen molar-refractivity contribution < 1.29 is 63.1 Å². The maximum Gasteiger partial charge on any atom is 0.472 e. The molecule has 59 heavy (non-hydrogen) atoms. The summed E-state index contributed by atoms with van der Waals surface area (Å²) in [6.45, 7) is 3.30. The molecule has 1 aliphatic carbocycles. The topological polar surface area (TPSA) is 210 Å². The van der Waals surface area contributed by atoms with Gasteiger partial charge in [0, 0.05) is 12.8 Å². The summed E-state index contributed by atoms with van der Waals surface area (Å²) in [5.74, 6) is -1.10. The van der Waals surface area contributed by atoms with Crippen LogP contribution in [-0.4, -0.2) is 98.3 Å². The molecule has 1 aliphatic rings. The van der Waals surface area contributed by atoms with Crippen LogP contribution in [0.25, 0.3) is 0 Å². The predicted octanol–water partition coefficient (Wildman–Crippen LogP) is 9.06. The van der Waals surface area contributed by atoms with Crippen LogP contribution in [0.3, 0.4) is 0 Å². The van der Waals surface area contributed by atoms with Gasteiger partial charge < -0.3 is 39.9 Å². The second kappa shape index (κ2) is 36.1. The molecule has 348 valence electrons. The number of esters is 2. The van der Waals surface area contributed by atoms with Crippen molar-refractivity contribution in [3.63, 3.8) is 0 Å². The van der Waals surface area contributed by atoms with Gasteiger partial charge in [-0.15, -0.1) is 0 Å². The van der Waals surface area contributed by atoms with Gasteiger partial charge in [-0.3, -0.25) is 18.6 Å². The monoisotopic (exact) mass is 865 g/mol. The van der Waals surface area contributed by atoms with E-state index in [0.717, 1.165) is 57.8 Å². The van der Waals surface area contributed by atoms with Crippen LogP contribution in [-0.2, 0) is 32.7 Å². The predicted molar refractivity (Wildman–Crippen MR) is 231 cm³/mol. The Balaban J connectivity index is 2.45. The molecule has 0 aromatic carbocycles. The van der Waals surface area contributed by atoms with Crippen LogP contribution < -0.4 is 0 Å². The molecular weight excluding hydrogens is 779 g/mol. The largest absolute Gasteiger partial charge is 0.472 e. The van der Waals surface area contributed by atoms with Gasteiger partial charge >= 0.3 is 19.8 Å². The zero-order chi connectivity index (χ0) is 43.6. The first kappa shape index (κ1) is 55.6. The zero-order valence-electron chi connectivity index (χ0n) is 36.8. The second-order valence-corrected chi connectivity index (χ2v) is 18.0. The van der Waals surface area contributed by atoms with Gasteiger partial charge in [0.05, 0.1) is 6.61 Å². The molecule has 1 fully saturated rings. The van der Waals surface area contributed by atoms with E-state index in [0.29, 0.717) is 12.8 Å². The van der Waals surface area contributed by atoms with Crippen LogP contribution in [0, 0.1) is 0 Å².